The summed E-state index contributed by atoms with van der Waals surface area (Å²) in [5, 5.41) is 2.64. The van der Waals surface area contributed by atoms with Gasteiger partial charge in [0.2, 0.25) is 5.91 Å². The number of carbonyl (C=O) groups is 1. The molecule has 3 aliphatic heterocycles. The third kappa shape index (κ3) is 5.46. The fourth-order valence-corrected chi connectivity index (χ4v) is 7.35. The highest BCUT2D eigenvalue weighted by molar-refractivity contribution is 5.95. The summed E-state index contributed by atoms with van der Waals surface area (Å²) in [7, 11) is 0. The van der Waals surface area contributed by atoms with Gasteiger partial charge in [-0.05, 0) is 74.0 Å². The van der Waals surface area contributed by atoms with Crippen molar-refractivity contribution in [3.05, 3.63) is 65.9 Å². The molecule has 4 heterocycles. The van der Waals surface area contributed by atoms with Gasteiger partial charge in [0, 0.05) is 68.5 Å². The minimum absolute atomic E-state index is 0.00206. The lowest BCUT2D eigenvalue weighted by molar-refractivity contribution is -0.126. The van der Waals surface area contributed by atoms with Crippen molar-refractivity contribution >= 4 is 28.2 Å². The summed E-state index contributed by atoms with van der Waals surface area (Å²) in [5.41, 5.74) is 5.10. The third-order valence-electron chi connectivity index (χ3n) is 10.2. The molecule has 0 spiro atoms. The van der Waals surface area contributed by atoms with E-state index in [4.69, 9.17) is 14.7 Å². The molecule has 0 radical (unpaired) electrons. The molecule has 8 heteroatoms. The molecular formula is C35H42N6O2. The number of hydrogen-bond donors (Lipinski definition) is 0. The third-order valence-corrected chi connectivity index (χ3v) is 10.2. The summed E-state index contributed by atoms with van der Waals surface area (Å²) in [6.07, 6.45) is 9.81. The van der Waals surface area contributed by atoms with Crippen LogP contribution in [0, 0.1) is 0 Å². The lowest BCUT2D eigenvalue weighted by Crippen LogP contribution is -2.49. The van der Waals surface area contributed by atoms with Crippen LogP contribution in [0.15, 0.2) is 49.1 Å². The molecule has 3 aromatic rings. The van der Waals surface area contributed by atoms with E-state index < -0.39 is 0 Å². The van der Waals surface area contributed by atoms with Crippen molar-refractivity contribution in [3.8, 4) is 6.01 Å². The molecule has 0 bridgehead atoms. The first-order chi connectivity index (χ1) is 21.1. The molecule has 2 saturated carbocycles. The quantitative estimate of drug-likeness (QED) is 0.369. The van der Waals surface area contributed by atoms with Gasteiger partial charge in [0.25, 0.3) is 0 Å². The lowest BCUT2D eigenvalue weighted by atomic mass is 9.98. The van der Waals surface area contributed by atoms with E-state index in [0.717, 1.165) is 76.1 Å². The van der Waals surface area contributed by atoms with Gasteiger partial charge in [0.1, 0.15) is 11.9 Å². The zero-order chi connectivity index (χ0) is 28.9. The van der Waals surface area contributed by atoms with Crippen LogP contribution in [-0.4, -0.2) is 83.6 Å². The van der Waals surface area contributed by atoms with Crippen LogP contribution < -0.4 is 14.5 Å². The second kappa shape index (κ2) is 11.1. The normalized spacial score (nSPS) is 21.6. The Morgan fingerprint density at radius 1 is 0.884 bits per heavy atom. The van der Waals surface area contributed by atoms with Crippen LogP contribution >= 0.6 is 0 Å². The first kappa shape index (κ1) is 26.9. The van der Waals surface area contributed by atoms with Crippen molar-refractivity contribution in [2.24, 2.45) is 0 Å². The predicted octanol–water partition coefficient (Wildman–Crippen LogP) is 4.91. The minimum Gasteiger partial charge on any atom is -0.460 e. The number of aromatic nitrogens is 2. The van der Waals surface area contributed by atoms with Gasteiger partial charge in [-0.2, -0.15) is 9.97 Å². The van der Waals surface area contributed by atoms with E-state index in [2.05, 4.69) is 57.7 Å². The number of ether oxygens (including phenoxy) is 1. The molecule has 2 aromatic carbocycles. The number of piperazine rings is 1. The molecule has 43 heavy (non-hydrogen) atoms. The SMILES string of the molecule is C=CC(=O)N1CCN(c2nc(OC3CCN(C4CC4)CC3)nc3c2CCN(c2cc(C4CC4)cc4ccccc24)C3)CC1. The Morgan fingerprint density at radius 3 is 2.42 bits per heavy atom. The Bertz CT molecular complexity index is 1530. The van der Waals surface area contributed by atoms with Gasteiger partial charge >= 0.3 is 6.01 Å². The summed E-state index contributed by atoms with van der Waals surface area (Å²) in [6, 6.07) is 15.0. The van der Waals surface area contributed by atoms with E-state index >= 15 is 0 Å². The van der Waals surface area contributed by atoms with Crippen LogP contribution in [-0.2, 0) is 17.8 Å². The summed E-state index contributed by atoms with van der Waals surface area (Å²) in [4.78, 5) is 31.8. The maximum atomic E-state index is 12.3. The number of benzene rings is 2. The topological polar surface area (TPSA) is 65.0 Å². The fraction of sp³-hybridized carbons (Fsp3) is 0.514. The highest BCUT2D eigenvalue weighted by atomic mass is 16.5. The number of hydrogen-bond acceptors (Lipinski definition) is 7. The Kier molecular flexibility index (Phi) is 6.97. The number of likely N-dealkylation sites (tertiary alicyclic amines) is 1. The molecule has 1 aromatic heterocycles. The van der Waals surface area contributed by atoms with Crippen molar-refractivity contribution in [2.75, 3.05) is 55.6 Å². The Morgan fingerprint density at radius 2 is 1.67 bits per heavy atom. The van der Waals surface area contributed by atoms with E-state index in [-0.39, 0.29) is 12.0 Å². The minimum atomic E-state index is 0.00206. The molecule has 4 fully saturated rings. The summed E-state index contributed by atoms with van der Waals surface area (Å²) >= 11 is 0. The largest absolute Gasteiger partial charge is 0.460 e. The molecule has 2 saturated heterocycles. The van der Waals surface area contributed by atoms with Gasteiger partial charge in [-0.25, -0.2) is 0 Å². The number of rotatable bonds is 7. The predicted molar refractivity (Wildman–Crippen MR) is 170 cm³/mol. The molecule has 8 rings (SSSR count). The van der Waals surface area contributed by atoms with Crippen molar-refractivity contribution in [1.29, 1.82) is 0 Å². The summed E-state index contributed by atoms with van der Waals surface area (Å²) < 4.78 is 6.58. The molecule has 224 valence electrons. The number of nitrogens with zero attached hydrogens (tertiary/aromatic N) is 6. The first-order valence-corrected chi connectivity index (χ1v) is 16.4. The van der Waals surface area contributed by atoms with Crippen LogP contribution in [0.1, 0.15) is 61.3 Å². The average Bonchev–Trinajstić information content (AvgIpc) is 3.98. The molecule has 0 N–H and O–H groups in total. The average molecular weight is 579 g/mol. The Hall–Kier alpha value is -3.65. The van der Waals surface area contributed by atoms with Gasteiger partial charge in [0.15, 0.2) is 0 Å². The maximum absolute atomic E-state index is 12.3. The second-order valence-corrected chi connectivity index (χ2v) is 13.1. The number of amides is 1. The van der Waals surface area contributed by atoms with Crippen LogP contribution in [0.25, 0.3) is 10.8 Å². The van der Waals surface area contributed by atoms with E-state index in [0.29, 0.717) is 25.0 Å². The number of fused-ring (bicyclic) bond motifs is 2. The molecule has 1 amide bonds. The van der Waals surface area contributed by atoms with Crippen molar-refractivity contribution < 1.29 is 9.53 Å². The van der Waals surface area contributed by atoms with Crippen LogP contribution in [0.4, 0.5) is 11.5 Å². The molecule has 0 atom stereocenters. The Labute approximate surface area is 254 Å². The van der Waals surface area contributed by atoms with Crippen molar-refractivity contribution in [2.45, 2.75) is 69.6 Å². The summed E-state index contributed by atoms with van der Waals surface area (Å²) in [6.45, 7) is 10.4. The zero-order valence-corrected chi connectivity index (χ0v) is 25.1. The van der Waals surface area contributed by atoms with Gasteiger partial charge < -0.3 is 24.3 Å². The highest BCUT2D eigenvalue weighted by Gasteiger charge is 2.34. The molecule has 8 nitrogen and oxygen atoms in total. The molecular weight excluding hydrogens is 536 g/mol. The van der Waals surface area contributed by atoms with E-state index in [9.17, 15) is 4.79 Å². The van der Waals surface area contributed by atoms with Gasteiger partial charge in [0.05, 0.1) is 12.2 Å². The smallest absolute Gasteiger partial charge is 0.318 e. The van der Waals surface area contributed by atoms with Gasteiger partial charge in [-0.3, -0.25) is 4.79 Å². The van der Waals surface area contributed by atoms with E-state index in [1.165, 1.54) is 59.3 Å². The molecule has 2 aliphatic carbocycles. The van der Waals surface area contributed by atoms with Gasteiger partial charge in [-0.1, -0.05) is 36.9 Å². The monoisotopic (exact) mass is 578 g/mol. The fourth-order valence-electron chi connectivity index (χ4n) is 7.35. The van der Waals surface area contributed by atoms with E-state index in [1.807, 2.05) is 4.90 Å². The number of piperidine rings is 1. The van der Waals surface area contributed by atoms with E-state index in [1.54, 1.807) is 0 Å². The van der Waals surface area contributed by atoms with Crippen LogP contribution in [0.2, 0.25) is 0 Å². The zero-order valence-electron chi connectivity index (χ0n) is 25.1. The lowest BCUT2D eigenvalue weighted by Gasteiger charge is -2.38. The first-order valence-electron chi connectivity index (χ1n) is 16.4. The number of anilines is 2. The Balaban J connectivity index is 1.10. The second-order valence-electron chi connectivity index (χ2n) is 13.1. The van der Waals surface area contributed by atoms with Gasteiger partial charge in [-0.15, -0.1) is 0 Å². The standard InChI is InChI=1S/C35H42N6O2/c1-2-33(42)39-17-19-40(20-18-39)34-30-13-16-41(32-22-26(24-7-8-24)21-25-5-3-4-6-29(25)32)23-31(30)36-35(37-34)43-28-11-14-38(15-12-28)27-9-10-27/h2-6,21-22,24,27-28H,1,7-20,23H2. The molecule has 0 unspecified atom stereocenters. The highest BCUT2D eigenvalue weighted by Crippen LogP contribution is 2.44. The summed E-state index contributed by atoms with van der Waals surface area (Å²) in [5.74, 6) is 1.70. The van der Waals surface area contributed by atoms with Crippen molar-refractivity contribution in [3.63, 3.8) is 0 Å². The van der Waals surface area contributed by atoms with Crippen molar-refractivity contribution in [1.82, 2.24) is 19.8 Å². The maximum Gasteiger partial charge on any atom is 0.318 e. The number of carbonyl (C=O) groups excluding carboxylic acids is 1. The van der Waals surface area contributed by atoms with Crippen LogP contribution in [0.3, 0.4) is 0 Å². The van der Waals surface area contributed by atoms with Crippen LogP contribution in [0.5, 0.6) is 6.01 Å². The molecule has 5 aliphatic rings.